The molecule has 6 nitrogen and oxygen atoms in total. The Kier molecular flexibility index (Phi) is 4.70. The van der Waals surface area contributed by atoms with Crippen LogP contribution in [0.15, 0.2) is 63.9 Å². The highest BCUT2D eigenvalue weighted by molar-refractivity contribution is 7.90. The Morgan fingerprint density at radius 1 is 1.11 bits per heavy atom. The lowest BCUT2D eigenvalue weighted by atomic mass is 9.97. The van der Waals surface area contributed by atoms with Gasteiger partial charge in [-0.3, -0.25) is 4.79 Å². The average molecular weight is 383 g/mol. The fourth-order valence-corrected chi connectivity index (χ4v) is 4.90. The van der Waals surface area contributed by atoms with Gasteiger partial charge in [0.1, 0.15) is 4.90 Å². The van der Waals surface area contributed by atoms with Crippen LogP contribution in [0.5, 0.6) is 0 Å². The Balaban J connectivity index is 1.44. The summed E-state index contributed by atoms with van der Waals surface area (Å²) in [5.74, 6) is 0.702. The number of nitrogens with one attached hydrogen (secondary N) is 1. The third-order valence-corrected chi connectivity index (χ3v) is 6.34. The van der Waals surface area contributed by atoms with E-state index in [1.165, 1.54) is 0 Å². The van der Waals surface area contributed by atoms with E-state index in [9.17, 15) is 13.2 Å². The molecule has 0 radical (unpaired) electrons. The minimum atomic E-state index is -3.61. The number of carbonyl (C=O) groups is 1. The van der Waals surface area contributed by atoms with Crippen LogP contribution in [0.2, 0.25) is 0 Å². The first-order chi connectivity index (χ1) is 13.0. The van der Waals surface area contributed by atoms with Crippen molar-refractivity contribution < 1.29 is 13.2 Å². The summed E-state index contributed by atoms with van der Waals surface area (Å²) in [5.41, 5.74) is 1.32. The van der Waals surface area contributed by atoms with Crippen LogP contribution in [0.3, 0.4) is 0 Å². The zero-order valence-electron chi connectivity index (χ0n) is 14.8. The highest BCUT2D eigenvalue weighted by Crippen LogP contribution is 2.29. The fourth-order valence-electron chi connectivity index (χ4n) is 3.67. The molecule has 2 aromatic carbocycles. The monoisotopic (exact) mass is 383 g/mol. The zero-order chi connectivity index (χ0) is 18.9. The van der Waals surface area contributed by atoms with Crippen LogP contribution in [-0.2, 0) is 10.0 Å². The number of rotatable bonds is 3. The molecule has 2 aromatic rings. The molecule has 0 aliphatic carbocycles. The number of carbonyl (C=O) groups excluding carboxylic acids is 1. The maximum atomic E-state index is 12.3. The summed E-state index contributed by atoms with van der Waals surface area (Å²) < 4.78 is 28.6. The number of amidine groups is 1. The summed E-state index contributed by atoms with van der Waals surface area (Å²) in [5, 5.41) is 2.99. The minimum Gasteiger partial charge on any atom is -0.355 e. The van der Waals surface area contributed by atoms with Crippen molar-refractivity contribution in [3.05, 3.63) is 65.7 Å². The van der Waals surface area contributed by atoms with Crippen molar-refractivity contribution in [1.82, 2.24) is 10.2 Å². The summed E-state index contributed by atoms with van der Waals surface area (Å²) in [4.78, 5) is 14.6. The van der Waals surface area contributed by atoms with Gasteiger partial charge in [-0.25, -0.2) is 0 Å². The molecule has 2 aliphatic rings. The molecule has 1 N–H and O–H groups in total. The Morgan fingerprint density at radius 3 is 2.67 bits per heavy atom. The third-order valence-electron chi connectivity index (χ3n) is 5.02. The number of sulfonamides is 1. The number of amides is 1. The second-order valence-electron chi connectivity index (χ2n) is 6.92. The third kappa shape index (κ3) is 3.60. The molecule has 7 heteroatoms. The Labute approximate surface area is 159 Å². The van der Waals surface area contributed by atoms with E-state index < -0.39 is 10.0 Å². The number of likely N-dealkylation sites (tertiary alicyclic amines) is 1. The highest BCUT2D eigenvalue weighted by atomic mass is 32.2. The smallest absolute Gasteiger partial charge is 0.285 e. The summed E-state index contributed by atoms with van der Waals surface area (Å²) >= 11 is 0. The average Bonchev–Trinajstić information content (AvgIpc) is 2.98. The van der Waals surface area contributed by atoms with Crippen LogP contribution in [-0.4, -0.2) is 44.7 Å². The van der Waals surface area contributed by atoms with Crippen molar-refractivity contribution >= 4 is 21.8 Å². The Morgan fingerprint density at radius 2 is 1.85 bits per heavy atom. The van der Waals surface area contributed by atoms with Gasteiger partial charge in [0.15, 0.2) is 5.84 Å². The van der Waals surface area contributed by atoms with Gasteiger partial charge in [0.2, 0.25) is 0 Å². The van der Waals surface area contributed by atoms with Gasteiger partial charge in [-0.1, -0.05) is 30.3 Å². The first kappa shape index (κ1) is 17.7. The quantitative estimate of drug-likeness (QED) is 0.882. The lowest BCUT2D eigenvalue weighted by Gasteiger charge is -2.34. The molecule has 0 spiro atoms. The molecular formula is C20H21N3O3S. The van der Waals surface area contributed by atoms with Crippen molar-refractivity contribution in [3.63, 3.8) is 0 Å². The molecule has 4 rings (SSSR count). The van der Waals surface area contributed by atoms with Gasteiger partial charge in [-0.2, -0.15) is 8.42 Å². The number of piperidine rings is 1. The van der Waals surface area contributed by atoms with E-state index in [0.29, 0.717) is 30.1 Å². The molecular weight excluding hydrogens is 362 g/mol. The molecule has 1 atom stereocenters. The number of fused-ring (bicyclic) bond motifs is 1. The Bertz CT molecular complexity index is 987. The molecule has 2 heterocycles. The highest BCUT2D eigenvalue weighted by Gasteiger charge is 2.33. The van der Waals surface area contributed by atoms with Gasteiger partial charge in [0, 0.05) is 30.8 Å². The molecule has 2 aliphatic heterocycles. The van der Waals surface area contributed by atoms with Crippen LogP contribution >= 0.6 is 0 Å². The van der Waals surface area contributed by atoms with Gasteiger partial charge in [-0.15, -0.1) is 4.40 Å². The van der Waals surface area contributed by atoms with E-state index >= 15 is 0 Å². The molecule has 1 saturated heterocycles. The maximum Gasteiger partial charge on any atom is 0.285 e. The van der Waals surface area contributed by atoms with Crippen LogP contribution in [0.1, 0.15) is 28.8 Å². The van der Waals surface area contributed by atoms with E-state index in [1.807, 2.05) is 29.2 Å². The summed E-state index contributed by atoms with van der Waals surface area (Å²) in [6, 6.07) is 16.1. The van der Waals surface area contributed by atoms with E-state index in [4.69, 9.17) is 0 Å². The summed E-state index contributed by atoms with van der Waals surface area (Å²) in [6.07, 6.45) is 1.93. The van der Waals surface area contributed by atoms with Crippen LogP contribution < -0.4 is 5.32 Å². The standard InChI is InChI=1S/C20H21N3O3S/c24-20(16-8-2-1-3-9-16)21-13-15-7-6-12-23(14-15)19-17-10-4-5-11-18(17)27(25,26)22-19/h1-5,8-11,15H,6-7,12-14H2,(H,21,24). The Hall–Kier alpha value is -2.67. The van der Waals surface area contributed by atoms with E-state index in [1.54, 1.807) is 30.3 Å². The number of nitrogens with zero attached hydrogens (tertiary/aromatic N) is 2. The maximum absolute atomic E-state index is 12.3. The van der Waals surface area contributed by atoms with Gasteiger partial charge >= 0.3 is 0 Å². The van der Waals surface area contributed by atoms with Crippen LogP contribution in [0, 0.1) is 5.92 Å². The number of benzene rings is 2. The van der Waals surface area contributed by atoms with Crippen LogP contribution in [0.4, 0.5) is 0 Å². The van der Waals surface area contributed by atoms with Crippen molar-refractivity contribution in [1.29, 1.82) is 0 Å². The lowest BCUT2D eigenvalue weighted by Crippen LogP contribution is -2.43. The van der Waals surface area contributed by atoms with Gasteiger partial charge in [-0.05, 0) is 43.0 Å². The van der Waals surface area contributed by atoms with E-state index in [2.05, 4.69) is 9.71 Å². The summed E-state index contributed by atoms with van der Waals surface area (Å²) in [6.45, 7) is 2.01. The molecule has 140 valence electrons. The van der Waals surface area contributed by atoms with Gasteiger partial charge in [0.05, 0.1) is 0 Å². The molecule has 1 amide bonds. The fraction of sp³-hybridized carbons (Fsp3) is 0.300. The molecule has 0 bridgehead atoms. The summed E-state index contributed by atoms with van der Waals surface area (Å²) in [7, 11) is -3.61. The molecule has 0 aromatic heterocycles. The predicted molar refractivity (Wildman–Crippen MR) is 103 cm³/mol. The zero-order valence-corrected chi connectivity index (χ0v) is 15.7. The van der Waals surface area contributed by atoms with Crippen molar-refractivity contribution in [3.8, 4) is 0 Å². The largest absolute Gasteiger partial charge is 0.355 e. The first-order valence-electron chi connectivity index (χ1n) is 9.07. The van der Waals surface area contributed by atoms with Gasteiger partial charge in [0.25, 0.3) is 15.9 Å². The number of hydrogen-bond acceptors (Lipinski definition) is 4. The number of hydrogen-bond donors (Lipinski definition) is 1. The van der Waals surface area contributed by atoms with E-state index in [0.717, 1.165) is 19.4 Å². The van der Waals surface area contributed by atoms with Crippen molar-refractivity contribution in [2.75, 3.05) is 19.6 Å². The SMILES string of the molecule is O=C(NCC1CCCN(C2=NS(=O)(=O)c3ccccc32)C1)c1ccccc1. The predicted octanol–water partition coefficient (Wildman–Crippen LogP) is 2.28. The second-order valence-corrected chi connectivity index (χ2v) is 8.49. The topological polar surface area (TPSA) is 78.8 Å². The van der Waals surface area contributed by atoms with Crippen molar-refractivity contribution in [2.45, 2.75) is 17.7 Å². The molecule has 0 saturated carbocycles. The van der Waals surface area contributed by atoms with Crippen molar-refractivity contribution in [2.24, 2.45) is 10.3 Å². The van der Waals surface area contributed by atoms with E-state index in [-0.39, 0.29) is 16.7 Å². The van der Waals surface area contributed by atoms with Crippen LogP contribution in [0.25, 0.3) is 0 Å². The lowest BCUT2D eigenvalue weighted by molar-refractivity contribution is 0.0940. The molecule has 1 unspecified atom stereocenters. The normalized spacial score (nSPS) is 20.7. The second kappa shape index (κ2) is 7.15. The minimum absolute atomic E-state index is 0.0844. The molecule has 27 heavy (non-hydrogen) atoms. The first-order valence-corrected chi connectivity index (χ1v) is 10.5. The van der Waals surface area contributed by atoms with Gasteiger partial charge < -0.3 is 10.2 Å². The molecule has 1 fully saturated rings.